The molecule has 7 nitrogen and oxygen atoms in total. The molecule has 2 aromatic heterocycles. The molecular formula is C24H21N3O4. The Morgan fingerprint density at radius 3 is 2.26 bits per heavy atom. The van der Waals surface area contributed by atoms with E-state index in [4.69, 9.17) is 10.3 Å². The zero-order valence-electron chi connectivity index (χ0n) is 16.6. The van der Waals surface area contributed by atoms with Crippen LogP contribution in [-0.2, 0) is 6.42 Å². The number of aliphatic hydroxyl groups is 1. The van der Waals surface area contributed by atoms with Crippen molar-refractivity contribution >= 4 is 16.8 Å². The van der Waals surface area contributed by atoms with Gasteiger partial charge >= 0.3 is 0 Å². The molecule has 0 fully saturated rings. The van der Waals surface area contributed by atoms with Gasteiger partial charge in [0.05, 0.1) is 22.2 Å². The normalized spacial score (nSPS) is 10.9. The van der Waals surface area contributed by atoms with E-state index < -0.39 is 11.5 Å². The van der Waals surface area contributed by atoms with Crippen LogP contribution < -0.4 is 11.0 Å². The number of nitrogens with one attached hydrogen (secondary N) is 2. The van der Waals surface area contributed by atoms with Gasteiger partial charge in [0, 0.05) is 18.4 Å². The zero-order chi connectivity index (χ0) is 21.8. The summed E-state index contributed by atoms with van der Waals surface area (Å²) >= 11 is 0. The van der Waals surface area contributed by atoms with Crippen molar-refractivity contribution in [2.75, 3.05) is 6.61 Å². The van der Waals surface area contributed by atoms with Gasteiger partial charge in [-0.3, -0.25) is 14.8 Å². The minimum atomic E-state index is -0.775. The maximum absolute atomic E-state index is 12.2. The lowest BCUT2D eigenvalue weighted by Gasteiger charge is -2.09. The van der Waals surface area contributed by atoms with Crippen LogP contribution in [0, 0.1) is 0 Å². The summed E-state index contributed by atoms with van der Waals surface area (Å²) in [5.74, 6) is -0.775. The highest BCUT2D eigenvalue weighted by Crippen LogP contribution is 2.27. The first-order valence-corrected chi connectivity index (χ1v) is 9.88. The first kappa shape index (κ1) is 20.5. The highest BCUT2D eigenvalue weighted by molar-refractivity contribution is 6.06. The predicted octanol–water partition coefficient (Wildman–Crippen LogP) is 3.30. The molecule has 156 valence electrons. The molecule has 2 aromatic carbocycles. The summed E-state index contributed by atoms with van der Waals surface area (Å²) in [5.41, 5.74) is 6.12. The fourth-order valence-corrected chi connectivity index (χ4v) is 3.56. The van der Waals surface area contributed by atoms with Gasteiger partial charge < -0.3 is 10.1 Å². The molecule has 0 unspecified atom stereocenters. The van der Waals surface area contributed by atoms with Crippen molar-refractivity contribution in [1.82, 2.24) is 15.4 Å². The Balaban J connectivity index is 1.69. The number of fused-ring (bicyclic) bond motifs is 1. The first-order chi connectivity index (χ1) is 15.1. The third-order valence-electron chi connectivity index (χ3n) is 5.17. The number of H-pyrrole nitrogens is 1. The lowest BCUT2D eigenvalue weighted by Crippen LogP contribution is -2.22. The quantitative estimate of drug-likeness (QED) is 0.285. The minimum Gasteiger partial charge on any atom is -0.396 e. The molecule has 1 amide bonds. The van der Waals surface area contributed by atoms with Gasteiger partial charge in [-0.25, -0.2) is 10.5 Å². The highest BCUT2D eigenvalue weighted by atomic mass is 16.5. The summed E-state index contributed by atoms with van der Waals surface area (Å²) in [7, 11) is 0. The Hall–Kier alpha value is -3.81. The first-order valence-electron chi connectivity index (χ1n) is 9.88. The Kier molecular flexibility index (Phi) is 5.88. The number of aryl methyl sites for hydroxylation is 1. The van der Waals surface area contributed by atoms with Crippen LogP contribution in [0.15, 0.2) is 71.7 Å². The van der Waals surface area contributed by atoms with Gasteiger partial charge in [0.15, 0.2) is 0 Å². The number of nitrogens with zero attached hydrogens (tertiary/aromatic N) is 1. The van der Waals surface area contributed by atoms with Crippen LogP contribution in [0.3, 0.4) is 0 Å². The highest BCUT2D eigenvalue weighted by Gasteiger charge is 2.16. The maximum Gasteiger partial charge on any atom is 0.275 e. The molecule has 0 atom stereocenters. The molecule has 0 saturated carbocycles. The minimum absolute atomic E-state index is 0.0481. The smallest absolute Gasteiger partial charge is 0.275 e. The molecule has 0 saturated heterocycles. The van der Waals surface area contributed by atoms with E-state index in [9.17, 15) is 9.59 Å². The number of pyridine rings is 2. The summed E-state index contributed by atoms with van der Waals surface area (Å²) in [6.07, 6.45) is 3.06. The fraction of sp³-hybridized carbons (Fsp3) is 0.125. The van der Waals surface area contributed by atoms with E-state index in [0.29, 0.717) is 11.2 Å². The fourth-order valence-electron chi connectivity index (χ4n) is 3.56. The average Bonchev–Trinajstić information content (AvgIpc) is 2.82. The van der Waals surface area contributed by atoms with Crippen LogP contribution >= 0.6 is 0 Å². The zero-order valence-corrected chi connectivity index (χ0v) is 16.6. The molecule has 4 N–H and O–H groups in total. The van der Waals surface area contributed by atoms with Crippen molar-refractivity contribution in [1.29, 1.82) is 0 Å². The lowest BCUT2D eigenvalue weighted by molar-refractivity contribution is 0.0708. The molecule has 4 rings (SSSR count). The summed E-state index contributed by atoms with van der Waals surface area (Å²) in [6, 6.07) is 19.0. The van der Waals surface area contributed by atoms with Crippen molar-refractivity contribution in [2.24, 2.45) is 0 Å². The van der Waals surface area contributed by atoms with Crippen LogP contribution in [0.4, 0.5) is 0 Å². The van der Waals surface area contributed by atoms with Gasteiger partial charge in [-0.05, 0) is 41.7 Å². The number of aliphatic hydroxyl groups excluding tert-OH is 1. The van der Waals surface area contributed by atoms with E-state index in [1.807, 2.05) is 36.4 Å². The van der Waals surface area contributed by atoms with E-state index in [-0.39, 0.29) is 17.6 Å². The molecule has 7 heteroatoms. The molecule has 0 bridgehead atoms. The van der Waals surface area contributed by atoms with E-state index >= 15 is 0 Å². The second kappa shape index (κ2) is 8.91. The second-order valence-corrected chi connectivity index (χ2v) is 7.16. The van der Waals surface area contributed by atoms with E-state index in [1.165, 1.54) is 17.8 Å². The Labute approximate surface area is 178 Å². The molecule has 0 radical (unpaired) electrons. The summed E-state index contributed by atoms with van der Waals surface area (Å²) in [6.45, 7) is 0.183. The summed E-state index contributed by atoms with van der Waals surface area (Å²) in [5, 5.41) is 18.2. The molecular weight excluding hydrogens is 394 g/mol. The maximum atomic E-state index is 12.2. The topological polar surface area (TPSA) is 115 Å². The lowest BCUT2D eigenvalue weighted by atomic mass is 9.99. The number of hydrogen-bond donors (Lipinski definition) is 4. The number of hydroxylamine groups is 1. The largest absolute Gasteiger partial charge is 0.396 e. The Morgan fingerprint density at radius 1 is 0.968 bits per heavy atom. The number of amides is 1. The van der Waals surface area contributed by atoms with Gasteiger partial charge in [-0.1, -0.05) is 48.5 Å². The van der Waals surface area contributed by atoms with E-state index in [0.717, 1.165) is 29.5 Å². The van der Waals surface area contributed by atoms with E-state index in [1.54, 1.807) is 11.5 Å². The standard InChI is InChI=1S/C24H21N3O4/c28-13-1-2-15-3-5-16(6-4-15)17-7-9-18(10-8-17)21-14-19(23(29)27-31)22-20(26-21)11-12-25-24(22)30/h3-12,14,28,31H,1-2,13H2,(H,25,30)(H,27,29). The number of benzene rings is 2. The second-order valence-electron chi connectivity index (χ2n) is 7.16. The van der Waals surface area contributed by atoms with Crippen LogP contribution in [0.5, 0.6) is 0 Å². The number of carbonyl (C=O) groups excluding carboxylic acids is 1. The number of aromatic amines is 1. The van der Waals surface area contributed by atoms with Crippen molar-refractivity contribution in [3.8, 4) is 22.4 Å². The molecule has 0 aliphatic rings. The molecule has 2 heterocycles. The van der Waals surface area contributed by atoms with Gasteiger partial charge in [-0.15, -0.1) is 0 Å². The van der Waals surface area contributed by atoms with Gasteiger partial charge in [0.25, 0.3) is 11.5 Å². The summed E-state index contributed by atoms with van der Waals surface area (Å²) < 4.78 is 0. The molecule has 31 heavy (non-hydrogen) atoms. The van der Waals surface area contributed by atoms with Crippen molar-refractivity contribution in [3.63, 3.8) is 0 Å². The Morgan fingerprint density at radius 2 is 1.61 bits per heavy atom. The third-order valence-corrected chi connectivity index (χ3v) is 5.17. The molecule has 0 aliphatic carbocycles. The number of rotatable bonds is 6. The van der Waals surface area contributed by atoms with Crippen LogP contribution in [0.2, 0.25) is 0 Å². The number of carbonyl (C=O) groups is 1. The van der Waals surface area contributed by atoms with E-state index in [2.05, 4.69) is 22.1 Å². The van der Waals surface area contributed by atoms with Gasteiger partial charge in [-0.2, -0.15) is 0 Å². The SMILES string of the molecule is O=C(NO)c1cc(-c2ccc(-c3ccc(CCCO)cc3)cc2)nc2cc[nH]c(=O)c12. The molecule has 0 aliphatic heterocycles. The molecule has 0 spiro atoms. The van der Waals surface area contributed by atoms with Crippen LogP contribution in [0.25, 0.3) is 33.3 Å². The van der Waals surface area contributed by atoms with Crippen molar-refractivity contribution in [2.45, 2.75) is 12.8 Å². The number of hydrogen-bond acceptors (Lipinski definition) is 5. The Bertz CT molecular complexity index is 1280. The third kappa shape index (κ3) is 4.23. The van der Waals surface area contributed by atoms with Crippen molar-refractivity contribution < 1.29 is 15.1 Å². The van der Waals surface area contributed by atoms with Crippen molar-refractivity contribution in [3.05, 3.63) is 88.3 Å². The van der Waals surface area contributed by atoms with Crippen LogP contribution in [-0.4, -0.2) is 32.8 Å². The van der Waals surface area contributed by atoms with Gasteiger partial charge in [0.1, 0.15) is 0 Å². The van der Waals surface area contributed by atoms with Crippen LogP contribution in [0.1, 0.15) is 22.3 Å². The monoisotopic (exact) mass is 415 g/mol. The summed E-state index contributed by atoms with van der Waals surface area (Å²) in [4.78, 5) is 31.4. The van der Waals surface area contributed by atoms with Gasteiger partial charge in [0.2, 0.25) is 0 Å². The predicted molar refractivity (Wildman–Crippen MR) is 118 cm³/mol. The number of aromatic nitrogens is 2. The average molecular weight is 415 g/mol. The molecule has 4 aromatic rings.